The summed E-state index contributed by atoms with van der Waals surface area (Å²) in [6.07, 6.45) is 0. The third-order valence-corrected chi connectivity index (χ3v) is 5.09. The molecule has 21 heavy (non-hydrogen) atoms. The molecule has 9 heteroatoms. The lowest BCUT2D eigenvalue weighted by Gasteiger charge is -2.14. The standard InChI is InChI=1S/C12H16BrClN2O4S/c1-3-20-6-7(2)16-12(17)8-4-9(14)11(13)10(5-8)21(15,18)19/h4-5,7H,3,6H2,1-2H3,(H,16,17)(H2,15,18,19). The van der Waals surface area contributed by atoms with Crippen molar-refractivity contribution < 1.29 is 17.9 Å². The molecule has 0 spiro atoms. The van der Waals surface area contributed by atoms with Gasteiger partial charge in [0.2, 0.25) is 10.0 Å². The molecule has 0 aliphatic carbocycles. The van der Waals surface area contributed by atoms with Gasteiger partial charge in [-0.05, 0) is 41.9 Å². The summed E-state index contributed by atoms with van der Waals surface area (Å²) < 4.78 is 28.3. The zero-order valence-electron chi connectivity index (χ0n) is 11.5. The Bertz CT molecular complexity index is 636. The van der Waals surface area contributed by atoms with Crippen LogP contribution in [0.3, 0.4) is 0 Å². The Hall–Kier alpha value is -0.670. The first kappa shape index (κ1) is 18.4. The van der Waals surface area contributed by atoms with Crippen LogP contribution in [0.1, 0.15) is 24.2 Å². The molecule has 6 nitrogen and oxygen atoms in total. The minimum Gasteiger partial charge on any atom is -0.380 e. The lowest BCUT2D eigenvalue weighted by Crippen LogP contribution is -2.36. The maximum atomic E-state index is 12.1. The summed E-state index contributed by atoms with van der Waals surface area (Å²) in [4.78, 5) is 11.8. The largest absolute Gasteiger partial charge is 0.380 e. The van der Waals surface area contributed by atoms with Crippen molar-refractivity contribution in [1.82, 2.24) is 5.32 Å². The Labute approximate surface area is 137 Å². The Morgan fingerprint density at radius 3 is 2.67 bits per heavy atom. The number of hydrogen-bond acceptors (Lipinski definition) is 4. The first-order valence-electron chi connectivity index (χ1n) is 6.07. The van der Waals surface area contributed by atoms with Crippen LogP contribution in [-0.4, -0.2) is 33.6 Å². The first-order valence-corrected chi connectivity index (χ1v) is 8.79. The van der Waals surface area contributed by atoms with Crippen LogP contribution in [0.15, 0.2) is 21.5 Å². The van der Waals surface area contributed by atoms with Gasteiger partial charge in [0.05, 0.1) is 21.0 Å². The fourth-order valence-electron chi connectivity index (χ4n) is 1.55. The average Bonchev–Trinajstić information content (AvgIpc) is 2.37. The molecule has 0 aliphatic heterocycles. The number of hydrogen-bond donors (Lipinski definition) is 2. The second-order valence-corrected chi connectivity index (χ2v) is 7.08. The highest BCUT2D eigenvalue weighted by molar-refractivity contribution is 9.10. The van der Waals surface area contributed by atoms with Crippen molar-refractivity contribution in [3.8, 4) is 0 Å². The predicted molar refractivity (Wildman–Crippen MR) is 83.9 cm³/mol. The van der Waals surface area contributed by atoms with Crippen LogP contribution >= 0.6 is 27.5 Å². The number of halogens is 2. The van der Waals surface area contributed by atoms with E-state index >= 15 is 0 Å². The smallest absolute Gasteiger partial charge is 0.251 e. The molecule has 118 valence electrons. The maximum Gasteiger partial charge on any atom is 0.251 e. The van der Waals surface area contributed by atoms with E-state index in [0.29, 0.717) is 13.2 Å². The van der Waals surface area contributed by atoms with Gasteiger partial charge in [0.1, 0.15) is 0 Å². The van der Waals surface area contributed by atoms with Gasteiger partial charge < -0.3 is 10.1 Å². The van der Waals surface area contributed by atoms with E-state index in [2.05, 4.69) is 21.2 Å². The highest BCUT2D eigenvalue weighted by Gasteiger charge is 2.20. The molecule has 0 bridgehead atoms. The summed E-state index contributed by atoms with van der Waals surface area (Å²) >= 11 is 8.96. The number of sulfonamides is 1. The van der Waals surface area contributed by atoms with Crippen molar-refractivity contribution in [2.24, 2.45) is 5.14 Å². The van der Waals surface area contributed by atoms with Crippen LogP contribution in [0.2, 0.25) is 5.02 Å². The van der Waals surface area contributed by atoms with E-state index < -0.39 is 15.9 Å². The van der Waals surface area contributed by atoms with Crippen molar-refractivity contribution in [1.29, 1.82) is 0 Å². The molecule has 0 heterocycles. The minimum atomic E-state index is -3.99. The van der Waals surface area contributed by atoms with Gasteiger partial charge in [-0.2, -0.15) is 0 Å². The average molecular weight is 400 g/mol. The van der Waals surface area contributed by atoms with Gasteiger partial charge in [-0.3, -0.25) is 4.79 Å². The molecule has 3 N–H and O–H groups in total. The van der Waals surface area contributed by atoms with Gasteiger partial charge in [-0.25, -0.2) is 13.6 Å². The fourth-order valence-corrected chi connectivity index (χ4v) is 3.38. The van der Waals surface area contributed by atoms with Crippen LogP contribution in [-0.2, 0) is 14.8 Å². The molecule has 1 aromatic rings. The van der Waals surface area contributed by atoms with Gasteiger partial charge in [0, 0.05) is 18.2 Å². The number of nitrogens with two attached hydrogens (primary N) is 1. The molecular weight excluding hydrogens is 384 g/mol. The van der Waals surface area contributed by atoms with Crippen LogP contribution in [0.5, 0.6) is 0 Å². The molecule has 1 aromatic carbocycles. The molecule has 0 saturated carbocycles. The summed E-state index contributed by atoms with van der Waals surface area (Å²) in [7, 11) is -3.99. The van der Waals surface area contributed by atoms with E-state index in [-0.39, 0.29) is 26.0 Å². The van der Waals surface area contributed by atoms with Crippen LogP contribution in [0.4, 0.5) is 0 Å². The number of primary sulfonamides is 1. The minimum absolute atomic E-state index is 0.0872. The fraction of sp³-hybridized carbons (Fsp3) is 0.417. The van der Waals surface area contributed by atoms with Gasteiger partial charge >= 0.3 is 0 Å². The second-order valence-electron chi connectivity index (χ2n) is 4.35. The molecule has 1 amide bonds. The van der Waals surface area contributed by atoms with Crippen LogP contribution in [0.25, 0.3) is 0 Å². The molecule has 0 fully saturated rings. The quantitative estimate of drug-likeness (QED) is 0.763. The maximum absolute atomic E-state index is 12.1. The van der Waals surface area contributed by atoms with Gasteiger partial charge in [-0.1, -0.05) is 11.6 Å². The summed E-state index contributed by atoms with van der Waals surface area (Å²) in [6.45, 7) is 4.52. The molecule has 0 saturated heterocycles. The molecule has 1 unspecified atom stereocenters. The highest BCUT2D eigenvalue weighted by Crippen LogP contribution is 2.30. The van der Waals surface area contributed by atoms with Crippen LogP contribution in [0, 0.1) is 0 Å². The molecule has 0 radical (unpaired) electrons. The lowest BCUT2D eigenvalue weighted by molar-refractivity contribution is 0.0872. The summed E-state index contributed by atoms with van der Waals surface area (Å²) in [6, 6.07) is 2.31. The Kier molecular flexibility index (Phi) is 6.61. The monoisotopic (exact) mass is 398 g/mol. The number of nitrogens with one attached hydrogen (secondary N) is 1. The number of benzene rings is 1. The van der Waals surface area contributed by atoms with E-state index in [1.807, 2.05) is 6.92 Å². The van der Waals surface area contributed by atoms with Gasteiger partial charge in [-0.15, -0.1) is 0 Å². The normalized spacial score (nSPS) is 13.0. The number of amides is 1. The van der Waals surface area contributed by atoms with Crippen molar-refractivity contribution in [3.05, 3.63) is 27.2 Å². The zero-order valence-corrected chi connectivity index (χ0v) is 14.7. The molecule has 1 rings (SSSR count). The third-order valence-electron chi connectivity index (χ3n) is 2.51. The molecule has 0 aromatic heterocycles. The highest BCUT2D eigenvalue weighted by atomic mass is 79.9. The Morgan fingerprint density at radius 1 is 1.52 bits per heavy atom. The molecule has 0 aliphatic rings. The van der Waals surface area contributed by atoms with Crippen LogP contribution < -0.4 is 10.5 Å². The summed E-state index contributed by atoms with van der Waals surface area (Å²) in [5.41, 5.74) is 0.107. The molecule has 1 atom stereocenters. The van der Waals surface area contributed by atoms with E-state index in [4.69, 9.17) is 21.5 Å². The van der Waals surface area contributed by atoms with Gasteiger partial charge in [0.25, 0.3) is 5.91 Å². The van der Waals surface area contributed by atoms with Crippen molar-refractivity contribution >= 4 is 43.5 Å². The number of carbonyl (C=O) groups excluding carboxylic acids is 1. The number of carbonyl (C=O) groups is 1. The lowest BCUT2D eigenvalue weighted by atomic mass is 10.2. The summed E-state index contributed by atoms with van der Waals surface area (Å²) in [5, 5.41) is 7.86. The first-order chi connectivity index (χ1) is 9.66. The SMILES string of the molecule is CCOCC(C)NC(=O)c1cc(Cl)c(Br)c(S(N)(=O)=O)c1. The molecular formula is C12H16BrClN2O4S. The Morgan fingerprint density at radius 2 is 2.14 bits per heavy atom. The van der Waals surface area contributed by atoms with E-state index in [1.165, 1.54) is 12.1 Å². The topological polar surface area (TPSA) is 98.5 Å². The number of rotatable bonds is 6. The third kappa shape index (κ3) is 5.23. The predicted octanol–water partition coefficient (Wildman–Crippen LogP) is 1.90. The van der Waals surface area contributed by atoms with Gasteiger partial charge in [0.15, 0.2) is 0 Å². The van der Waals surface area contributed by atoms with Crippen molar-refractivity contribution in [2.45, 2.75) is 24.8 Å². The second kappa shape index (κ2) is 7.55. The van der Waals surface area contributed by atoms with E-state index in [1.54, 1.807) is 6.92 Å². The van der Waals surface area contributed by atoms with E-state index in [0.717, 1.165) is 0 Å². The van der Waals surface area contributed by atoms with Crippen molar-refractivity contribution in [3.63, 3.8) is 0 Å². The number of ether oxygens (including phenoxy) is 1. The Balaban J connectivity index is 3.04. The van der Waals surface area contributed by atoms with Crippen molar-refractivity contribution in [2.75, 3.05) is 13.2 Å². The summed E-state index contributed by atoms with van der Waals surface area (Å²) in [5.74, 6) is -0.457. The zero-order chi connectivity index (χ0) is 16.2. The van der Waals surface area contributed by atoms with E-state index in [9.17, 15) is 13.2 Å².